The second-order valence-corrected chi connectivity index (χ2v) is 15.4. The molecule has 51 heavy (non-hydrogen) atoms. The minimum Gasteiger partial charge on any atom is -0.394 e. The first-order chi connectivity index (χ1) is 25.0. The summed E-state index contributed by atoms with van der Waals surface area (Å²) in [4.78, 5) is 12.4. The predicted molar refractivity (Wildman–Crippen MR) is 219 cm³/mol. The zero-order valence-corrected chi connectivity index (χ0v) is 33.9. The average molecular weight is 722 g/mol. The van der Waals surface area contributed by atoms with Crippen molar-refractivity contribution in [1.82, 2.24) is 5.32 Å². The number of nitrogens with one attached hydrogen (secondary N) is 1. The first-order valence-electron chi connectivity index (χ1n) is 22.2. The summed E-state index contributed by atoms with van der Waals surface area (Å²) in [6.07, 6.45) is 45.5. The highest BCUT2D eigenvalue weighted by Crippen LogP contribution is 2.16. The molecule has 5 N–H and O–H groups in total. The van der Waals surface area contributed by atoms with Gasteiger partial charge in [0, 0.05) is 0 Å². The molecular formula is C45H87NO5. The SMILES string of the molecule is CCCC/C=C/CCCC(O)C(O)C(CO)NC(=O)C(O)CCCCCCCCCCCCCC/C=C\CCCCCCCCCCCCCC. The van der Waals surface area contributed by atoms with E-state index in [1.54, 1.807) is 0 Å². The van der Waals surface area contributed by atoms with Gasteiger partial charge in [-0.2, -0.15) is 0 Å². The van der Waals surface area contributed by atoms with Crippen LogP contribution in [0, 0.1) is 0 Å². The molecule has 0 saturated heterocycles. The standard InChI is InChI=1S/C45H87NO5/c1-3-5-7-9-11-12-13-14-15-16-17-18-19-20-21-22-23-24-25-26-27-28-29-30-31-33-35-37-39-43(49)45(51)46-41(40-47)44(50)42(48)38-36-34-32-10-8-6-4-2/h10,20-21,32,41-44,47-50H,3-9,11-19,22-31,33-40H2,1-2H3,(H,46,51)/b21-20-,32-10+. The van der Waals surface area contributed by atoms with Crippen molar-refractivity contribution in [1.29, 1.82) is 0 Å². The third-order valence-corrected chi connectivity index (χ3v) is 10.4. The lowest BCUT2D eigenvalue weighted by Gasteiger charge is -2.27. The number of aliphatic hydroxyl groups is 4. The van der Waals surface area contributed by atoms with Crippen LogP contribution in [0.3, 0.4) is 0 Å². The van der Waals surface area contributed by atoms with Gasteiger partial charge in [-0.05, 0) is 57.8 Å². The Kier molecular flexibility index (Phi) is 39.0. The summed E-state index contributed by atoms with van der Waals surface area (Å²) in [6.45, 7) is 3.95. The van der Waals surface area contributed by atoms with Crippen LogP contribution in [0.1, 0.15) is 226 Å². The van der Waals surface area contributed by atoms with Gasteiger partial charge >= 0.3 is 0 Å². The molecule has 0 saturated carbocycles. The van der Waals surface area contributed by atoms with Crippen molar-refractivity contribution >= 4 is 5.91 Å². The first kappa shape index (κ1) is 49.8. The molecule has 0 aromatic carbocycles. The van der Waals surface area contributed by atoms with Gasteiger partial charge in [0.15, 0.2) is 0 Å². The molecule has 0 aromatic rings. The Balaban J connectivity index is 3.57. The van der Waals surface area contributed by atoms with Crippen molar-refractivity contribution in [2.45, 2.75) is 250 Å². The Morgan fingerprint density at radius 3 is 1.24 bits per heavy atom. The summed E-state index contributed by atoms with van der Waals surface area (Å²) >= 11 is 0. The van der Waals surface area contributed by atoms with E-state index in [0.717, 1.165) is 38.5 Å². The third-order valence-electron chi connectivity index (χ3n) is 10.4. The van der Waals surface area contributed by atoms with Crippen molar-refractivity contribution in [2.75, 3.05) is 6.61 Å². The minimum absolute atomic E-state index is 0.363. The van der Waals surface area contributed by atoms with E-state index < -0.39 is 36.9 Å². The Morgan fingerprint density at radius 1 is 0.471 bits per heavy atom. The molecule has 0 fully saturated rings. The molecule has 0 aliphatic carbocycles. The van der Waals surface area contributed by atoms with E-state index in [1.807, 2.05) is 0 Å². The quantitative estimate of drug-likeness (QED) is 0.0320. The summed E-state index contributed by atoms with van der Waals surface area (Å²) in [5, 5.41) is 43.3. The zero-order valence-electron chi connectivity index (χ0n) is 33.9. The van der Waals surface area contributed by atoms with Crippen LogP contribution >= 0.6 is 0 Å². The second-order valence-electron chi connectivity index (χ2n) is 15.4. The molecular weight excluding hydrogens is 634 g/mol. The monoisotopic (exact) mass is 722 g/mol. The normalized spacial score (nSPS) is 14.4. The van der Waals surface area contributed by atoms with Crippen molar-refractivity contribution in [3.05, 3.63) is 24.3 Å². The van der Waals surface area contributed by atoms with E-state index in [4.69, 9.17) is 0 Å². The highest BCUT2D eigenvalue weighted by molar-refractivity contribution is 5.80. The van der Waals surface area contributed by atoms with Crippen molar-refractivity contribution < 1.29 is 25.2 Å². The highest BCUT2D eigenvalue weighted by atomic mass is 16.3. The summed E-state index contributed by atoms with van der Waals surface area (Å²) in [5.74, 6) is -0.597. The van der Waals surface area contributed by atoms with E-state index in [0.29, 0.717) is 19.3 Å². The molecule has 0 aliphatic rings. The lowest BCUT2D eigenvalue weighted by atomic mass is 10.00. The maximum absolute atomic E-state index is 12.4. The van der Waals surface area contributed by atoms with Crippen LogP contribution in [-0.4, -0.2) is 57.3 Å². The van der Waals surface area contributed by atoms with E-state index in [2.05, 4.69) is 43.5 Å². The maximum Gasteiger partial charge on any atom is 0.249 e. The average Bonchev–Trinajstić information content (AvgIpc) is 3.13. The number of carbonyl (C=O) groups is 1. The highest BCUT2D eigenvalue weighted by Gasteiger charge is 2.28. The van der Waals surface area contributed by atoms with Crippen molar-refractivity contribution in [3.8, 4) is 0 Å². The van der Waals surface area contributed by atoms with E-state index in [9.17, 15) is 25.2 Å². The molecule has 4 unspecified atom stereocenters. The summed E-state index contributed by atoms with van der Waals surface area (Å²) in [5.41, 5.74) is 0. The van der Waals surface area contributed by atoms with Gasteiger partial charge in [-0.15, -0.1) is 0 Å². The molecule has 0 aliphatic heterocycles. The molecule has 0 aromatic heterocycles. The predicted octanol–water partition coefficient (Wildman–Crippen LogP) is 11.6. The van der Waals surface area contributed by atoms with Gasteiger partial charge in [-0.25, -0.2) is 0 Å². The number of aliphatic hydroxyl groups excluding tert-OH is 4. The Labute approximate surface area is 316 Å². The molecule has 6 heteroatoms. The number of carbonyl (C=O) groups excluding carboxylic acids is 1. The number of allylic oxidation sites excluding steroid dienone is 4. The number of unbranched alkanes of at least 4 members (excludes halogenated alkanes) is 27. The summed E-state index contributed by atoms with van der Waals surface area (Å²) in [6, 6.07) is -0.997. The number of rotatable bonds is 40. The Bertz CT molecular complexity index is 772. The van der Waals surface area contributed by atoms with Crippen LogP contribution in [0.4, 0.5) is 0 Å². The molecule has 0 bridgehead atoms. The van der Waals surface area contributed by atoms with Crippen molar-refractivity contribution in [2.24, 2.45) is 0 Å². The third kappa shape index (κ3) is 34.3. The van der Waals surface area contributed by atoms with Crippen LogP contribution in [0.5, 0.6) is 0 Å². The fourth-order valence-corrected chi connectivity index (χ4v) is 6.80. The second kappa shape index (κ2) is 40.0. The van der Waals surface area contributed by atoms with Crippen LogP contribution < -0.4 is 5.32 Å². The van der Waals surface area contributed by atoms with Crippen LogP contribution in [0.15, 0.2) is 24.3 Å². The topological polar surface area (TPSA) is 110 Å². The van der Waals surface area contributed by atoms with Crippen molar-refractivity contribution in [3.63, 3.8) is 0 Å². The zero-order chi connectivity index (χ0) is 37.5. The number of amides is 1. The van der Waals surface area contributed by atoms with Gasteiger partial charge in [-0.1, -0.05) is 192 Å². The van der Waals surface area contributed by atoms with Crippen LogP contribution in [0.25, 0.3) is 0 Å². The van der Waals surface area contributed by atoms with Crippen LogP contribution in [-0.2, 0) is 4.79 Å². The van der Waals surface area contributed by atoms with E-state index >= 15 is 0 Å². The lowest BCUT2D eigenvalue weighted by Crippen LogP contribution is -2.53. The maximum atomic E-state index is 12.4. The minimum atomic E-state index is -1.28. The van der Waals surface area contributed by atoms with Gasteiger partial charge in [0.1, 0.15) is 12.2 Å². The van der Waals surface area contributed by atoms with E-state index in [1.165, 1.54) is 154 Å². The molecule has 1 amide bonds. The smallest absolute Gasteiger partial charge is 0.249 e. The van der Waals surface area contributed by atoms with Gasteiger partial charge in [0.2, 0.25) is 5.91 Å². The number of hydrogen-bond donors (Lipinski definition) is 5. The summed E-state index contributed by atoms with van der Waals surface area (Å²) in [7, 11) is 0. The molecule has 0 rings (SSSR count). The molecule has 0 radical (unpaired) electrons. The number of hydrogen-bond acceptors (Lipinski definition) is 5. The van der Waals surface area contributed by atoms with Gasteiger partial charge in [0.05, 0.1) is 18.8 Å². The molecule has 0 heterocycles. The molecule has 0 spiro atoms. The molecule has 4 atom stereocenters. The Hall–Kier alpha value is -1.21. The van der Waals surface area contributed by atoms with Gasteiger partial charge in [-0.3, -0.25) is 4.79 Å². The lowest BCUT2D eigenvalue weighted by molar-refractivity contribution is -0.132. The van der Waals surface area contributed by atoms with Gasteiger partial charge in [0.25, 0.3) is 0 Å². The fraction of sp³-hybridized carbons (Fsp3) is 0.889. The van der Waals surface area contributed by atoms with Gasteiger partial charge < -0.3 is 25.7 Å². The fourth-order valence-electron chi connectivity index (χ4n) is 6.80. The Morgan fingerprint density at radius 2 is 0.824 bits per heavy atom. The van der Waals surface area contributed by atoms with E-state index in [-0.39, 0.29) is 0 Å². The summed E-state index contributed by atoms with van der Waals surface area (Å²) < 4.78 is 0. The molecule has 302 valence electrons. The largest absolute Gasteiger partial charge is 0.394 e. The molecule has 6 nitrogen and oxygen atoms in total. The first-order valence-corrected chi connectivity index (χ1v) is 22.2. The van der Waals surface area contributed by atoms with Crippen LogP contribution in [0.2, 0.25) is 0 Å².